The molecule has 0 unspecified atom stereocenters. The van der Waals surface area contributed by atoms with Gasteiger partial charge in [0.1, 0.15) is 6.04 Å². The molecule has 1 aliphatic heterocycles. The van der Waals surface area contributed by atoms with Gasteiger partial charge in [-0.05, 0) is 36.2 Å². The second kappa shape index (κ2) is 10.0. The molecule has 0 fully saturated rings. The Bertz CT molecular complexity index is 1270. The van der Waals surface area contributed by atoms with E-state index in [-0.39, 0.29) is 23.7 Å². The summed E-state index contributed by atoms with van der Waals surface area (Å²) in [5, 5.41) is 8.75. The van der Waals surface area contributed by atoms with Gasteiger partial charge in [-0.3, -0.25) is 14.4 Å². The molecule has 0 saturated heterocycles. The summed E-state index contributed by atoms with van der Waals surface area (Å²) in [5.74, 6) is -1.86. The van der Waals surface area contributed by atoms with E-state index < -0.39 is 29.7 Å². The Hall–Kier alpha value is -3.76. The SMILES string of the molecule is COC(=O)c1nc(NC(=O)CC[C@@H]2NC(=O)c3ccccc3NC2=O)sc1-c1ccc(Cl)cc1. The largest absolute Gasteiger partial charge is 0.464 e. The monoisotopic (exact) mass is 498 g/mol. The molecule has 0 bridgehead atoms. The van der Waals surface area contributed by atoms with E-state index in [0.29, 0.717) is 26.7 Å². The molecule has 174 valence electrons. The van der Waals surface area contributed by atoms with Crippen molar-refractivity contribution in [2.75, 3.05) is 17.7 Å². The van der Waals surface area contributed by atoms with Crippen LogP contribution >= 0.6 is 22.9 Å². The first-order valence-corrected chi connectivity index (χ1v) is 11.4. The molecule has 2 aromatic carbocycles. The van der Waals surface area contributed by atoms with Crippen molar-refractivity contribution in [3.63, 3.8) is 0 Å². The van der Waals surface area contributed by atoms with Crippen LogP contribution in [0.5, 0.6) is 0 Å². The Labute approximate surface area is 203 Å². The van der Waals surface area contributed by atoms with E-state index in [1.165, 1.54) is 7.11 Å². The van der Waals surface area contributed by atoms with Crippen molar-refractivity contribution in [2.24, 2.45) is 0 Å². The number of nitrogens with one attached hydrogen (secondary N) is 3. The molecule has 0 radical (unpaired) electrons. The number of anilines is 2. The van der Waals surface area contributed by atoms with E-state index in [9.17, 15) is 19.2 Å². The number of para-hydroxylation sites is 1. The van der Waals surface area contributed by atoms with Gasteiger partial charge in [0.2, 0.25) is 11.8 Å². The molecule has 0 spiro atoms. The number of esters is 1. The van der Waals surface area contributed by atoms with Crippen molar-refractivity contribution in [1.29, 1.82) is 0 Å². The van der Waals surface area contributed by atoms with Crippen molar-refractivity contribution in [1.82, 2.24) is 10.3 Å². The first-order chi connectivity index (χ1) is 16.4. The Morgan fingerprint density at radius 2 is 1.88 bits per heavy atom. The maximum atomic E-state index is 12.6. The van der Waals surface area contributed by atoms with Crippen LogP contribution in [0.15, 0.2) is 48.5 Å². The molecule has 1 atom stereocenters. The standard InChI is InChI=1S/C23H19ClN4O5S/c1-33-22(32)18-19(12-6-8-13(24)9-7-12)34-23(28-18)27-17(29)11-10-16-21(31)25-15-5-3-2-4-14(15)20(30)26-16/h2-9,16H,10-11H2,1H3,(H,25,31)(H,26,30)(H,27,28,29)/t16-/m0/s1. The number of carbonyl (C=O) groups excluding carboxylic acids is 4. The number of thiazole rings is 1. The van der Waals surface area contributed by atoms with Crippen LogP contribution in [0.25, 0.3) is 10.4 Å². The van der Waals surface area contributed by atoms with E-state index in [1.54, 1.807) is 48.5 Å². The Balaban J connectivity index is 1.44. The number of amides is 3. The molecular formula is C23H19ClN4O5S. The average molecular weight is 499 g/mol. The van der Waals surface area contributed by atoms with Crippen LogP contribution in [-0.4, -0.2) is 41.8 Å². The molecule has 3 N–H and O–H groups in total. The highest BCUT2D eigenvalue weighted by Gasteiger charge is 2.28. The maximum Gasteiger partial charge on any atom is 0.358 e. The van der Waals surface area contributed by atoms with Crippen molar-refractivity contribution in [2.45, 2.75) is 18.9 Å². The molecule has 3 aromatic rings. The fraction of sp³-hybridized carbons (Fsp3) is 0.174. The summed E-state index contributed by atoms with van der Waals surface area (Å²) in [6.45, 7) is 0. The predicted molar refractivity (Wildman–Crippen MR) is 128 cm³/mol. The van der Waals surface area contributed by atoms with Gasteiger partial charge >= 0.3 is 5.97 Å². The normalized spacial score (nSPS) is 14.9. The third-order valence-electron chi connectivity index (χ3n) is 5.07. The second-order valence-electron chi connectivity index (χ2n) is 7.34. The zero-order valence-corrected chi connectivity index (χ0v) is 19.5. The van der Waals surface area contributed by atoms with Crippen molar-refractivity contribution < 1.29 is 23.9 Å². The number of hydrogen-bond donors (Lipinski definition) is 3. The summed E-state index contributed by atoms with van der Waals surface area (Å²) in [6, 6.07) is 12.6. The minimum atomic E-state index is -0.878. The summed E-state index contributed by atoms with van der Waals surface area (Å²) in [6.07, 6.45) is 0.0226. The summed E-state index contributed by atoms with van der Waals surface area (Å²) >= 11 is 7.05. The lowest BCUT2D eigenvalue weighted by molar-refractivity contribution is -0.118. The third kappa shape index (κ3) is 5.08. The van der Waals surface area contributed by atoms with Crippen LogP contribution in [0.1, 0.15) is 33.7 Å². The van der Waals surface area contributed by atoms with Crippen LogP contribution in [0.3, 0.4) is 0 Å². The molecule has 1 aliphatic rings. The first kappa shape index (κ1) is 23.4. The van der Waals surface area contributed by atoms with Gasteiger partial charge in [-0.1, -0.05) is 47.2 Å². The lowest BCUT2D eigenvalue weighted by Gasteiger charge is -2.13. The van der Waals surface area contributed by atoms with Crippen LogP contribution in [0.2, 0.25) is 5.02 Å². The number of benzene rings is 2. The fourth-order valence-corrected chi connectivity index (χ4v) is 4.48. The number of hydrogen-bond acceptors (Lipinski definition) is 7. The lowest BCUT2D eigenvalue weighted by atomic mass is 10.1. The summed E-state index contributed by atoms with van der Waals surface area (Å²) in [4.78, 5) is 54.4. The summed E-state index contributed by atoms with van der Waals surface area (Å²) < 4.78 is 4.81. The molecular weight excluding hydrogens is 480 g/mol. The number of carbonyl (C=O) groups is 4. The number of nitrogens with zero attached hydrogens (tertiary/aromatic N) is 1. The quantitative estimate of drug-likeness (QED) is 0.444. The second-order valence-corrected chi connectivity index (χ2v) is 8.78. The van der Waals surface area contributed by atoms with Gasteiger partial charge < -0.3 is 20.7 Å². The van der Waals surface area contributed by atoms with Gasteiger partial charge in [0, 0.05) is 11.4 Å². The van der Waals surface area contributed by atoms with Gasteiger partial charge in [0.15, 0.2) is 10.8 Å². The highest BCUT2D eigenvalue weighted by Crippen LogP contribution is 2.34. The Morgan fingerprint density at radius 1 is 1.15 bits per heavy atom. The number of halogens is 1. The highest BCUT2D eigenvalue weighted by molar-refractivity contribution is 7.19. The topological polar surface area (TPSA) is 126 Å². The van der Waals surface area contributed by atoms with Crippen LogP contribution in [0, 0.1) is 0 Å². The van der Waals surface area contributed by atoms with Gasteiger partial charge in [-0.25, -0.2) is 9.78 Å². The van der Waals surface area contributed by atoms with Gasteiger partial charge in [-0.2, -0.15) is 0 Å². The van der Waals surface area contributed by atoms with Crippen molar-refractivity contribution >= 4 is 57.4 Å². The Morgan fingerprint density at radius 3 is 2.62 bits per heavy atom. The van der Waals surface area contributed by atoms with Crippen molar-refractivity contribution in [3.8, 4) is 10.4 Å². The average Bonchev–Trinajstić information content (AvgIpc) is 3.20. The molecule has 3 amide bonds. The van der Waals surface area contributed by atoms with Crippen molar-refractivity contribution in [3.05, 3.63) is 64.8 Å². The van der Waals surface area contributed by atoms with E-state index >= 15 is 0 Å². The number of rotatable bonds is 6. The van der Waals surface area contributed by atoms with Crippen LogP contribution in [-0.2, 0) is 14.3 Å². The van der Waals surface area contributed by atoms with E-state index in [4.69, 9.17) is 16.3 Å². The molecule has 0 aliphatic carbocycles. The molecule has 9 nitrogen and oxygen atoms in total. The molecule has 4 rings (SSSR count). The Kier molecular flexibility index (Phi) is 6.90. The summed E-state index contributed by atoms with van der Waals surface area (Å²) in [5.41, 5.74) is 1.54. The molecule has 34 heavy (non-hydrogen) atoms. The smallest absolute Gasteiger partial charge is 0.358 e. The van der Waals surface area contributed by atoms with Gasteiger partial charge in [-0.15, -0.1) is 0 Å². The summed E-state index contributed by atoms with van der Waals surface area (Å²) in [7, 11) is 1.25. The minimum Gasteiger partial charge on any atom is -0.464 e. The number of methoxy groups -OCH3 is 1. The fourth-order valence-electron chi connectivity index (χ4n) is 3.38. The zero-order valence-electron chi connectivity index (χ0n) is 17.9. The number of aromatic nitrogens is 1. The van der Waals surface area contributed by atoms with Gasteiger partial charge in [0.25, 0.3) is 5.91 Å². The number of ether oxygens (including phenoxy) is 1. The predicted octanol–water partition coefficient (Wildman–Crippen LogP) is 3.72. The molecule has 2 heterocycles. The highest BCUT2D eigenvalue weighted by atomic mass is 35.5. The zero-order chi connectivity index (χ0) is 24.2. The molecule has 1 aromatic heterocycles. The third-order valence-corrected chi connectivity index (χ3v) is 6.34. The van der Waals surface area contributed by atoms with Gasteiger partial charge in [0.05, 0.1) is 23.2 Å². The first-order valence-electron chi connectivity index (χ1n) is 10.2. The maximum absolute atomic E-state index is 12.6. The van der Waals surface area contributed by atoms with E-state index in [2.05, 4.69) is 20.9 Å². The van der Waals surface area contributed by atoms with Crippen LogP contribution in [0.4, 0.5) is 10.8 Å². The van der Waals surface area contributed by atoms with Crippen LogP contribution < -0.4 is 16.0 Å². The molecule has 0 saturated carbocycles. The number of fused-ring (bicyclic) bond motifs is 1. The van der Waals surface area contributed by atoms with E-state index in [0.717, 1.165) is 11.3 Å². The molecule has 11 heteroatoms. The minimum absolute atomic E-state index is 0.0574. The lowest BCUT2D eigenvalue weighted by Crippen LogP contribution is -2.41. The van der Waals surface area contributed by atoms with E-state index in [1.807, 2.05) is 0 Å².